The lowest BCUT2D eigenvalue weighted by Gasteiger charge is -2.29. The number of piperazine rings is 1. The molecule has 3 N–H and O–H groups in total. The van der Waals surface area contributed by atoms with E-state index in [1.807, 2.05) is 12.1 Å². The molecule has 1 aromatic rings. The maximum Gasteiger partial charge on any atom is 0.0872 e. The molecule has 1 heterocycles. The number of aliphatic hydroxyl groups is 2. The van der Waals surface area contributed by atoms with Crippen molar-refractivity contribution in [3.05, 3.63) is 28.6 Å². The summed E-state index contributed by atoms with van der Waals surface area (Å²) in [5.41, 5.74) is 1.08. The number of rotatable bonds is 1. The monoisotopic (exact) mass is 220 g/mol. The number of hydrogen-bond donors (Lipinski definition) is 3. The molecule has 0 radical (unpaired) electrons. The summed E-state index contributed by atoms with van der Waals surface area (Å²) in [6.45, 7) is 3.89. The number of nitrogens with zero attached hydrogens (tertiary/aromatic N) is 1. The Morgan fingerprint density at radius 2 is 1.75 bits per heavy atom. The third-order valence-electron chi connectivity index (χ3n) is 2.83. The van der Waals surface area contributed by atoms with E-state index in [0.29, 0.717) is 10.4 Å². The van der Waals surface area contributed by atoms with E-state index in [0.717, 1.165) is 44.4 Å². The molecule has 2 rings (SSSR count). The Balaban J connectivity index is 2.36. The Kier molecular flexibility index (Phi) is 3.31. The molecule has 4 heteroatoms. The van der Waals surface area contributed by atoms with Crippen LogP contribution < -0.4 is 20.7 Å². The number of hydrogen-bond acceptors (Lipinski definition) is 4. The molecule has 0 spiro atoms. The first-order valence-corrected chi connectivity index (χ1v) is 5.39. The van der Waals surface area contributed by atoms with Gasteiger partial charge >= 0.3 is 0 Å². The van der Waals surface area contributed by atoms with Gasteiger partial charge in [-0.3, -0.25) is 0 Å². The van der Waals surface area contributed by atoms with Gasteiger partial charge in [0.2, 0.25) is 0 Å². The van der Waals surface area contributed by atoms with E-state index in [1.54, 1.807) is 6.07 Å². The Bertz CT molecular complexity index is 464. The van der Waals surface area contributed by atoms with Gasteiger partial charge in [0.1, 0.15) is 0 Å². The van der Waals surface area contributed by atoms with Crippen LogP contribution in [0.15, 0.2) is 18.2 Å². The van der Waals surface area contributed by atoms with E-state index in [4.69, 9.17) is 10.2 Å². The van der Waals surface area contributed by atoms with Crippen LogP contribution in [0, 0.1) is 0 Å². The third kappa shape index (κ3) is 2.12. The van der Waals surface area contributed by atoms with E-state index in [2.05, 4.69) is 10.2 Å². The van der Waals surface area contributed by atoms with Gasteiger partial charge < -0.3 is 20.4 Å². The van der Waals surface area contributed by atoms with E-state index in [9.17, 15) is 0 Å². The lowest BCUT2D eigenvalue weighted by atomic mass is 10.2. The molecule has 1 aromatic carbocycles. The predicted molar refractivity (Wildman–Crippen MR) is 65.0 cm³/mol. The zero-order valence-electron chi connectivity index (χ0n) is 9.06. The van der Waals surface area contributed by atoms with Gasteiger partial charge in [-0.15, -0.1) is 0 Å². The molecular weight excluding hydrogens is 204 g/mol. The summed E-state index contributed by atoms with van der Waals surface area (Å²) in [6.07, 6.45) is 2.03. The maximum atomic E-state index is 9.09. The standard InChI is InChI=1S/C12H16N2O2/c15-8-10-1-2-12(7-11(10)9-16)14-5-3-13-4-6-14/h1-2,7-9,13,15-16H,3-6H2. The average molecular weight is 220 g/mol. The van der Waals surface area contributed by atoms with Crippen molar-refractivity contribution in [2.75, 3.05) is 31.1 Å². The molecule has 1 saturated heterocycles. The van der Waals surface area contributed by atoms with Crippen molar-refractivity contribution in [3.63, 3.8) is 0 Å². The van der Waals surface area contributed by atoms with Gasteiger partial charge in [0.05, 0.1) is 12.5 Å². The van der Waals surface area contributed by atoms with Gasteiger partial charge in [0.15, 0.2) is 0 Å². The molecule has 0 atom stereocenters. The van der Waals surface area contributed by atoms with Crippen LogP contribution in [-0.4, -0.2) is 36.4 Å². The van der Waals surface area contributed by atoms with Gasteiger partial charge in [0, 0.05) is 42.3 Å². The Morgan fingerprint density at radius 3 is 2.38 bits per heavy atom. The summed E-state index contributed by atoms with van der Waals surface area (Å²) in [7, 11) is 0. The topological polar surface area (TPSA) is 55.7 Å². The molecule has 0 unspecified atom stereocenters. The highest BCUT2D eigenvalue weighted by Gasteiger charge is 2.09. The Labute approximate surface area is 94.1 Å². The van der Waals surface area contributed by atoms with Crippen LogP contribution >= 0.6 is 0 Å². The minimum absolute atomic E-state index is 0.626. The smallest absolute Gasteiger partial charge is 0.0872 e. The fourth-order valence-corrected chi connectivity index (χ4v) is 1.91. The van der Waals surface area contributed by atoms with E-state index < -0.39 is 0 Å². The zero-order valence-corrected chi connectivity index (χ0v) is 9.06. The lowest BCUT2D eigenvalue weighted by Crippen LogP contribution is -2.44. The van der Waals surface area contributed by atoms with Crippen LogP contribution in [0.4, 0.5) is 5.69 Å². The van der Waals surface area contributed by atoms with Crippen molar-refractivity contribution in [3.8, 4) is 0 Å². The minimum atomic E-state index is 0.626. The summed E-state index contributed by atoms with van der Waals surface area (Å²) in [4.78, 5) is 2.25. The molecule has 0 amide bonds. The first-order valence-electron chi connectivity index (χ1n) is 5.39. The third-order valence-corrected chi connectivity index (χ3v) is 2.83. The summed E-state index contributed by atoms with van der Waals surface area (Å²) in [5, 5.41) is 22.6. The maximum absolute atomic E-state index is 9.09. The second-order valence-electron chi connectivity index (χ2n) is 3.81. The molecule has 4 nitrogen and oxygen atoms in total. The molecule has 1 aliphatic heterocycles. The van der Waals surface area contributed by atoms with Gasteiger partial charge in [0.25, 0.3) is 0 Å². The minimum Gasteiger partial charge on any atom is -0.515 e. The lowest BCUT2D eigenvalue weighted by molar-refractivity contribution is 0.533. The average Bonchev–Trinajstić information content (AvgIpc) is 2.39. The summed E-state index contributed by atoms with van der Waals surface area (Å²) in [6, 6.07) is 5.65. The van der Waals surface area contributed by atoms with E-state index in [1.165, 1.54) is 0 Å². The molecule has 0 aliphatic carbocycles. The predicted octanol–water partition coefficient (Wildman–Crippen LogP) is -0.312. The van der Waals surface area contributed by atoms with Crippen molar-refractivity contribution < 1.29 is 10.2 Å². The van der Waals surface area contributed by atoms with Gasteiger partial charge in [-0.05, 0) is 18.2 Å². The molecule has 16 heavy (non-hydrogen) atoms. The molecule has 0 bridgehead atoms. The van der Waals surface area contributed by atoms with E-state index >= 15 is 0 Å². The summed E-state index contributed by atoms with van der Waals surface area (Å²) in [5.74, 6) is 0. The number of benzene rings is 1. The highest BCUT2D eigenvalue weighted by molar-refractivity contribution is 5.48. The van der Waals surface area contributed by atoms with Crippen molar-refractivity contribution in [1.29, 1.82) is 0 Å². The van der Waals surface area contributed by atoms with Crippen molar-refractivity contribution in [1.82, 2.24) is 5.32 Å². The first-order chi connectivity index (χ1) is 7.85. The van der Waals surface area contributed by atoms with Gasteiger partial charge in [-0.2, -0.15) is 0 Å². The highest BCUT2D eigenvalue weighted by Crippen LogP contribution is 2.09. The normalized spacial score (nSPS) is 19.1. The quantitative estimate of drug-likeness (QED) is 0.607. The molecule has 0 saturated carbocycles. The van der Waals surface area contributed by atoms with Crippen LogP contribution in [0.2, 0.25) is 0 Å². The first kappa shape index (κ1) is 10.8. The van der Waals surface area contributed by atoms with Gasteiger partial charge in [-0.1, -0.05) is 0 Å². The molecular formula is C12H16N2O2. The highest BCUT2D eigenvalue weighted by atomic mass is 16.2. The number of aliphatic hydroxyl groups excluding tert-OH is 2. The number of anilines is 1. The summed E-state index contributed by atoms with van der Waals surface area (Å²) >= 11 is 0. The molecule has 0 aromatic heterocycles. The van der Waals surface area contributed by atoms with Crippen LogP contribution in [0.5, 0.6) is 0 Å². The molecule has 86 valence electrons. The SMILES string of the molecule is OC=c1ccc(N2CCNCC2)cc1=CO. The number of nitrogens with one attached hydrogen (secondary N) is 1. The van der Waals surface area contributed by atoms with Gasteiger partial charge in [-0.25, -0.2) is 0 Å². The Morgan fingerprint density at radius 1 is 1.06 bits per heavy atom. The largest absolute Gasteiger partial charge is 0.515 e. The fourth-order valence-electron chi connectivity index (χ4n) is 1.91. The molecule has 1 fully saturated rings. The van der Waals surface area contributed by atoms with Crippen molar-refractivity contribution >= 4 is 18.2 Å². The van der Waals surface area contributed by atoms with Crippen LogP contribution in [-0.2, 0) is 0 Å². The summed E-state index contributed by atoms with van der Waals surface area (Å²) < 4.78 is 0. The van der Waals surface area contributed by atoms with E-state index in [-0.39, 0.29) is 0 Å². The second-order valence-corrected chi connectivity index (χ2v) is 3.81. The second kappa shape index (κ2) is 4.90. The zero-order chi connectivity index (χ0) is 11.4. The van der Waals surface area contributed by atoms with Crippen molar-refractivity contribution in [2.24, 2.45) is 0 Å². The van der Waals surface area contributed by atoms with Crippen LogP contribution in [0.25, 0.3) is 12.5 Å². The fraction of sp³-hybridized carbons (Fsp3) is 0.333. The van der Waals surface area contributed by atoms with Crippen molar-refractivity contribution in [2.45, 2.75) is 0 Å². The van der Waals surface area contributed by atoms with Crippen LogP contribution in [0.3, 0.4) is 0 Å². The Hall–Kier alpha value is -1.68. The molecule has 1 aliphatic rings. The van der Waals surface area contributed by atoms with Crippen LogP contribution in [0.1, 0.15) is 0 Å².